The Morgan fingerprint density at radius 2 is 2.22 bits per heavy atom. The van der Waals surface area contributed by atoms with Crippen LogP contribution in [0.4, 0.5) is 0 Å². The summed E-state index contributed by atoms with van der Waals surface area (Å²) in [5, 5.41) is 0. The van der Waals surface area contributed by atoms with Crippen LogP contribution in [0, 0.1) is 0 Å². The number of likely N-dealkylation sites (tertiary alicyclic amines) is 1. The van der Waals surface area contributed by atoms with Crippen LogP contribution >= 0.6 is 0 Å². The highest BCUT2D eigenvalue weighted by Gasteiger charge is 2.25. The predicted octanol–water partition coefficient (Wildman–Crippen LogP) is 0.725. The summed E-state index contributed by atoms with van der Waals surface area (Å²) >= 11 is 0. The molecule has 0 N–H and O–H groups in total. The SMILES string of the molecule is CO[C@@H]1C[C@@H](C)N(C)C1. The van der Waals surface area contributed by atoms with Crippen molar-refractivity contribution in [2.45, 2.75) is 25.5 Å². The molecule has 0 radical (unpaired) electrons. The van der Waals surface area contributed by atoms with E-state index in [0.29, 0.717) is 12.1 Å². The van der Waals surface area contributed by atoms with E-state index in [0.717, 1.165) is 6.54 Å². The summed E-state index contributed by atoms with van der Waals surface area (Å²) in [6, 6.07) is 0.704. The Morgan fingerprint density at radius 1 is 1.56 bits per heavy atom. The van der Waals surface area contributed by atoms with E-state index in [1.807, 2.05) is 0 Å². The summed E-state index contributed by atoms with van der Waals surface area (Å²) < 4.78 is 5.21. The van der Waals surface area contributed by atoms with Crippen molar-refractivity contribution in [3.05, 3.63) is 0 Å². The predicted molar refractivity (Wildman–Crippen MR) is 37.5 cm³/mol. The molecule has 2 atom stereocenters. The van der Waals surface area contributed by atoms with Gasteiger partial charge >= 0.3 is 0 Å². The van der Waals surface area contributed by atoms with Crippen LogP contribution < -0.4 is 0 Å². The zero-order valence-corrected chi connectivity index (χ0v) is 6.42. The van der Waals surface area contributed by atoms with Crippen LogP contribution in [0.25, 0.3) is 0 Å². The molecule has 9 heavy (non-hydrogen) atoms. The van der Waals surface area contributed by atoms with E-state index in [4.69, 9.17) is 4.74 Å². The van der Waals surface area contributed by atoms with Crippen LogP contribution in [0.1, 0.15) is 13.3 Å². The average Bonchev–Trinajstić information content (AvgIpc) is 2.13. The molecule has 2 nitrogen and oxygen atoms in total. The van der Waals surface area contributed by atoms with E-state index in [-0.39, 0.29) is 0 Å². The molecule has 1 aliphatic rings. The van der Waals surface area contributed by atoms with Gasteiger partial charge in [0.25, 0.3) is 0 Å². The van der Waals surface area contributed by atoms with Crippen molar-refractivity contribution in [1.29, 1.82) is 0 Å². The van der Waals surface area contributed by atoms with Gasteiger partial charge in [0.1, 0.15) is 0 Å². The van der Waals surface area contributed by atoms with Crippen LogP contribution in [0.5, 0.6) is 0 Å². The van der Waals surface area contributed by atoms with Crippen LogP contribution in [0.2, 0.25) is 0 Å². The Labute approximate surface area is 56.8 Å². The first-order valence-corrected chi connectivity index (χ1v) is 3.47. The molecule has 0 aromatic carbocycles. The number of methoxy groups -OCH3 is 1. The van der Waals surface area contributed by atoms with Gasteiger partial charge in [-0.15, -0.1) is 0 Å². The molecule has 0 bridgehead atoms. The summed E-state index contributed by atoms with van der Waals surface area (Å²) in [7, 11) is 3.93. The second-order valence-corrected chi connectivity index (χ2v) is 2.88. The van der Waals surface area contributed by atoms with Gasteiger partial charge < -0.3 is 9.64 Å². The number of nitrogens with zero attached hydrogens (tertiary/aromatic N) is 1. The molecule has 0 aromatic rings. The monoisotopic (exact) mass is 129 g/mol. The fourth-order valence-corrected chi connectivity index (χ4v) is 1.31. The van der Waals surface area contributed by atoms with Gasteiger partial charge in [0.2, 0.25) is 0 Å². The Hall–Kier alpha value is -0.0800. The third-order valence-corrected chi connectivity index (χ3v) is 2.18. The first-order valence-electron chi connectivity index (χ1n) is 3.47. The Bertz CT molecular complexity index is 84.9. The van der Waals surface area contributed by atoms with E-state index in [2.05, 4.69) is 18.9 Å². The van der Waals surface area contributed by atoms with E-state index in [1.165, 1.54) is 6.42 Å². The molecule has 0 saturated carbocycles. The van der Waals surface area contributed by atoms with Crippen molar-refractivity contribution in [3.63, 3.8) is 0 Å². The Balaban J connectivity index is 2.35. The topological polar surface area (TPSA) is 12.5 Å². The fraction of sp³-hybridized carbons (Fsp3) is 1.00. The molecule has 1 heterocycles. The zero-order chi connectivity index (χ0) is 6.85. The third-order valence-electron chi connectivity index (χ3n) is 2.18. The van der Waals surface area contributed by atoms with Gasteiger partial charge in [-0.05, 0) is 20.4 Å². The van der Waals surface area contributed by atoms with Crippen molar-refractivity contribution in [2.24, 2.45) is 0 Å². The standard InChI is InChI=1S/C7H15NO/c1-6-4-7(9-3)5-8(6)2/h6-7H,4-5H2,1-3H3/t6-,7-/m1/s1. The second kappa shape index (κ2) is 2.67. The lowest BCUT2D eigenvalue weighted by Crippen LogP contribution is -2.22. The fourth-order valence-electron chi connectivity index (χ4n) is 1.31. The number of likely N-dealkylation sites (N-methyl/N-ethyl adjacent to an activating group) is 1. The highest BCUT2D eigenvalue weighted by atomic mass is 16.5. The van der Waals surface area contributed by atoms with Crippen LogP contribution in [0.15, 0.2) is 0 Å². The largest absolute Gasteiger partial charge is 0.380 e. The maximum Gasteiger partial charge on any atom is 0.0713 e. The van der Waals surface area contributed by atoms with E-state index >= 15 is 0 Å². The van der Waals surface area contributed by atoms with Crippen LogP contribution in [-0.4, -0.2) is 37.7 Å². The maximum atomic E-state index is 5.21. The van der Waals surface area contributed by atoms with E-state index in [1.54, 1.807) is 7.11 Å². The molecular formula is C7H15NO. The normalized spacial score (nSPS) is 37.7. The van der Waals surface area contributed by atoms with Crippen molar-refractivity contribution < 1.29 is 4.74 Å². The smallest absolute Gasteiger partial charge is 0.0713 e. The summed E-state index contributed by atoms with van der Waals surface area (Å²) in [6.07, 6.45) is 1.66. The lowest BCUT2D eigenvalue weighted by atomic mass is 10.2. The molecule has 0 unspecified atom stereocenters. The highest BCUT2D eigenvalue weighted by molar-refractivity contribution is 4.79. The van der Waals surface area contributed by atoms with Gasteiger partial charge in [0, 0.05) is 19.7 Å². The minimum Gasteiger partial charge on any atom is -0.380 e. The second-order valence-electron chi connectivity index (χ2n) is 2.88. The van der Waals surface area contributed by atoms with Crippen molar-refractivity contribution in [1.82, 2.24) is 4.90 Å². The minimum absolute atomic E-state index is 0.477. The van der Waals surface area contributed by atoms with E-state index < -0.39 is 0 Å². The molecular weight excluding hydrogens is 114 g/mol. The molecule has 1 aliphatic heterocycles. The van der Waals surface area contributed by atoms with Crippen molar-refractivity contribution in [2.75, 3.05) is 20.7 Å². The maximum absolute atomic E-state index is 5.21. The zero-order valence-electron chi connectivity index (χ0n) is 6.42. The molecule has 0 aliphatic carbocycles. The summed E-state index contributed by atoms with van der Waals surface area (Å²) in [5.74, 6) is 0. The molecule has 1 saturated heterocycles. The lowest BCUT2D eigenvalue weighted by molar-refractivity contribution is 0.111. The van der Waals surface area contributed by atoms with Crippen molar-refractivity contribution >= 4 is 0 Å². The number of ether oxygens (including phenoxy) is 1. The van der Waals surface area contributed by atoms with Gasteiger partial charge in [-0.25, -0.2) is 0 Å². The first-order chi connectivity index (χ1) is 4.24. The molecule has 1 rings (SSSR count). The van der Waals surface area contributed by atoms with Crippen LogP contribution in [-0.2, 0) is 4.74 Å². The molecule has 1 fully saturated rings. The highest BCUT2D eigenvalue weighted by Crippen LogP contribution is 2.16. The van der Waals surface area contributed by atoms with Gasteiger partial charge in [-0.1, -0.05) is 0 Å². The molecule has 2 heteroatoms. The summed E-state index contributed by atoms with van der Waals surface area (Å²) in [4.78, 5) is 2.33. The number of hydrogen-bond donors (Lipinski definition) is 0. The van der Waals surface area contributed by atoms with Gasteiger partial charge in [-0.3, -0.25) is 0 Å². The lowest BCUT2D eigenvalue weighted by Gasteiger charge is -2.11. The molecule has 0 aromatic heterocycles. The Kier molecular flexibility index (Phi) is 2.09. The Morgan fingerprint density at radius 3 is 2.44 bits per heavy atom. The average molecular weight is 129 g/mol. The quantitative estimate of drug-likeness (QED) is 0.517. The van der Waals surface area contributed by atoms with Gasteiger partial charge in [0.15, 0.2) is 0 Å². The minimum atomic E-state index is 0.477. The first kappa shape index (κ1) is 7.03. The molecule has 54 valence electrons. The molecule has 0 amide bonds. The van der Waals surface area contributed by atoms with Crippen molar-refractivity contribution in [3.8, 4) is 0 Å². The van der Waals surface area contributed by atoms with Gasteiger partial charge in [0.05, 0.1) is 6.10 Å². The van der Waals surface area contributed by atoms with Gasteiger partial charge in [-0.2, -0.15) is 0 Å². The van der Waals surface area contributed by atoms with E-state index in [9.17, 15) is 0 Å². The number of rotatable bonds is 1. The summed E-state index contributed by atoms with van der Waals surface area (Å²) in [6.45, 7) is 3.33. The summed E-state index contributed by atoms with van der Waals surface area (Å²) in [5.41, 5.74) is 0. The third kappa shape index (κ3) is 1.43. The number of hydrogen-bond acceptors (Lipinski definition) is 2. The molecule has 0 spiro atoms. The van der Waals surface area contributed by atoms with Crippen LogP contribution in [0.3, 0.4) is 0 Å².